The molecule has 0 aliphatic heterocycles. The number of fused-ring (bicyclic) bond motifs is 13. The minimum absolute atomic E-state index is 0.834. The highest BCUT2D eigenvalue weighted by Crippen LogP contribution is 2.49. The molecule has 0 bridgehead atoms. The Morgan fingerprint density at radius 3 is 1.63 bits per heavy atom. The van der Waals surface area contributed by atoms with Gasteiger partial charge in [-0.15, -0.1) is 0 Å². The van der Waals surface area contributed by atoms with Gasteiger partial charge in [0.05, 0.1) is 16.8 Å². The maximum absolute atomic E-state index is 6.73. The van der Waals surface area contributed by atoms with Gasteiger partial charge in [0, 0.05) is 55.0 Å². The Morgan fingerprint density at radius 2 is 0.852 bits per heavy atom. The summed E-state index contributed by atoms with van der Waals surface area (Å²) >= 11 is 0. The summed E-state index contributed by atoms with van der Waals surface area (Å²) in [6, 6.07) is 61.8. The molecule has 3 heterocycles. The van der Waals surface area contributed by atoms with Gasteiger partial charge in [-0.3, -0.25) is 0 Å². The van der Waals surface area contributed by atoms with Crippen LogP contribution in [0.25, 0.3) is 98.5 Å². The summed E-state index contributed by atoms with van der Waals surface area (Å²) in [6.07, 6.45) is 0. The standard InChI is InChI=1S/C50H29NO3/c1-3-13-33-30(11-1)23-26-39-47-38(17-9-21-44(47)53-49(33)39)35-15-5-7-18-41(35)51(32-25-28-37-36-16-6-8-20-43(36)52-46(37)29-32)42-19-10-22-45-48(42)40-27-24-31-12-2-4-14-34(31)50(40)54-45/h1-29H. The number of rotatable bonds is 4. The van der Waals surface area contributed by atoms with E-state index >= 15 is 0 Å². The van der Waals surface area contributed by atoms with E-state index in [-0.39, 0.29) is 0 Å². The molecule has 252 valence electrons. The summed E-state index contributed by atoms with van der Waals surface area (Å²) in [5.74, 6) is 0. The fourth-order valence-corrected chi connectivity index (χ4v) is 8.66. The third kappa shape index (κ3) is 4.13. The zero-order valence-electron chi connectivity index (χ0n) is 28.9. The van der Waals surface area contributed by atoms with Crippen molar-refractivity contribution in [3.63, 3.8) is 0 Å². The summed E-state index contributed by atoms with van der Waals surface area (Å²) in [6.45, 7) is 0. The predicted molar refractivity (Wildman–Crippen MR) is 223 cm³/mol. The molecule has 3 aromatic heterocycles. The molecule has 9 aromatic carbocycles. The minimum atomic E-state index is 0.834. The van der Waals surface area contributed by atoms with E-state index in [2.05, 4.69) is 169 Å². The second-order valence-corrected chi connectivity index (χ2v) is 14.0. The molecular formula is C50H29NO3. The highest BCUT2D eigenvalue weighted by molar-refractivity contribution is 6.22. The number of furan rings is 3. The Hall–Kier alpha value is -7.30. The summed E-state index contributed by atoms with van der Waals surface area (Å²) in [5.41, 5.74) is 10.4. The Labute approximate surface area is 308 Å². The molecule has 0 saturated heterocycles. The monoisotopic (exact) mass is 691 g/mol. The molecule has 0 N–H and O–H groups in total. The molecule has 0 spiro atoms. The van der Waals surface area contributed by atoms with Crippen LogP contribution in [-0.2, 0) is 0 Å². The van der Waals surface area contributed by atoms with Crippen LogP contribution < -0.4 is 4.90 Å². The van der Waals surface area contributed by atoms with Gasteiger partial charge >= 0.3 is 0 Å². The van der Waals surface area contributed by atoms with Gasteiger partial charge in [0.15, 0.2) is 0 Å². The fourth-order valence-electron chi connectivity index (χ4n) is 8.66. The average Bonchev–Trinajstić information content (AvgIpc) is 3.93. The lowest BCUT2D eigenvalue weighted by atomic mass is 9.95. The van der Waals surface area contributed by atoms with Gasteiger partial charge in [-0.1, -0.05) is 115 Å². The van der Waals surface area contributed by atoms with Gasteiger partial charge in [-0.25, -0.2) is 0 Å². The second-order valence-electron chi connectivity index (χ2n) is 14.0. The molecule has 0 aliphatic carbocycles. The first-order valence-electron chi connectivity index (χ1n) is 18.3. The van der Waals surface area contributed by atoms with Crippen molar-refractivity contribution in [1.82, 2.24) is 0 Å². The van der Waals surface area contributed by atoms with Crippen LogP contribution in [0.4, 0.5) is 17.1 Å². The van der Waals surface area contributed by atoms with Gasteiger partial charge in [-0.2, -0.15) is 0 Å². The molecular weight excluding hydrogens is 663 g/mol. The van der Waals surface area contributed by atoms with Crippen molar-refractivity contribution in [2.45, 2.75) is 0 Å². The van der Waals surface area contributed by atoms with Crippen LogP contribution >= 0.6 is 0 Å². The van der Waals surface area contributed by atoms with Crippen LogP contribution in [0.1, 0.15) is 0 Å². The Balaban J connectivity index is 1.17. The molecule has 12 aromatic rings. The van der Waals surface area contributed by atoms with Gasteiger partial charge in [0.2, 0.25) is 0 Å². The SMILES string of the molecule is c1ccc(N(c2ccc3c(c2)oc2ccccc23)c2cccc3oc4c5ccccc5ccc4c23)c(-c2cccc3oc4c5ccccc5ccc4c23)c1. The molecule has 54 heavy (non-hydrogen) atoms. The molecule has 0 radical (unpaired) electrons. The topological polar surface area (TPSA) is 42.7 Å². The third-order valence-electron chi connectivity index (χ3n) is 11.0. The van der Waals surface area contributed by atoms with Gasteiger partial charge in [0.1, 0.15) is 33.5 Å². The highest BCUT2D eigenvalue weighted by Gasteiger charge is 2.25. The van der Waals surface area contributed by atoms with E-state index in [1.165, 1.54) is 0 Å². The second kappa shape index (κ2) is 11.1. The lowest BCUT2D eigenvalue weighted by Gasteiger charge is -2.28. The summed E-state index contributed by atoms with van der Waals surface area (Å²) in [4.78, 5) is 2.37. The molecule has 4 nitrogen and oxygen atoms in total. The van der Waals surface area contributed by atoms with Crippen molar-refractivity contribution in [3.05, 3.63) is 176 Å². The predicted octanol–water partition coefficient (Wildman–Crippen LogP) is 14.8. The van der Waals surface area contributed by atoms with E-state index in [0.717, 1.165) is 116 Å². The van der Waals surface area contributed by atoms with E-state index in [0.29, 0.717) is 0 Å². The molecule has 0 fully saturated rings. The van der Waals surface area contributed by atoms with E-state index in [9.17, 15) is 0 Å². The molecule has 0 amide bonds. The van der Waals surface area contributed by atoms with Crippen molar-refractivity contribution in [2.24, 2.45) is 0 Å². The first kappa shape index (κ1) is 29.3. The van der Waals surface area contributed by atoms with Crippen LogP contribution in [0.15, 0.2) is 189 Å². The number of benzene rings is 9. The van der Waals surface area contributed by atoms with Crippen LogP contribution in [0, 0.1) is 0 Å². The first-order valence-corrected chi connectivity index (χ1v) is 18.3. The van der Waals surface area contributed by atoms with Crippen LogP contribution in [0.2, 0.25) is 0 Å². The molecule has 0 saturated carbocycles. The minimum Gasteiger partial charge on any atom is -0.456 e. The van der Waals surface area contributed by atoms with E-state index in [1.807, 2.05) is 12.1 Å². The van der Waals surface area contributed by atoms with E-state index in [1.54, 1.807) is 0 Å². The first-order chi connectivity index (χ1) is 26.8. The number of nitrogens with zero attached hydrogens (tertiary/aromatic N) is 1. The average molecular weight is 692 g/mol. The number of anilines is 3. The van der Waals surface area contributed by atoms with E-state index < -0.39 is 0 Å². The van der Waals surface area contributed by atoms with Crippen molar-refractivity contribution in [3.8, 4) is 11.1 Å². The largest absolute Gasteiger partial charge is 0.456 e. The molecule has 0 aliphatic rings. The van der Waals surface area contributed by atoms with Crippen molar-refractivity contribution >= 4 is 104 Å². The normalized spacial score (nSPS) is 12.1. The van der Waals surface area contributed by atoms with Gasteiger partial charge in [0.25, 0.3) is 0 Å². The number of para-hydroxylation sites is 2. The maximum Gasteiger partial charge on any atom is 0.143 e. The summed E-state index contributed by atoms with van der Waals surface area (Å²) in [7, 11) is 0. The summed E-state index contributed by atoms with van der Waals surface area (Å²) < 4.78 is 19.9. The van der Waals surface area contributed by atoms with Crippen LogP contribution in [0.3, 0.4) is 0 Å². The van der Waals surface area contributed by atoms with E-state index in [4.69, 9.17) is 13.3 Å². The lowest BCUT2D eigenvalue weighted by Crippen LogP contribution is -2.11. The smallest absolute Gasteiger partial charge is 0.143 e. The van der Waals surface area contributed by atoms with Crippen molar-refractivity contribution < 1.29 is 13.3 Å². The summed E-state index contributed by atoms with van der Waals surface area (Å²) in [5, 5.41) is 11.0. The zero-order chi connectivity index (χ0) is 35.3. The number of hydrogen-bond donors (Lipinski definition) is 0. The Bertz CT molecular complexity index is 3470. The van der Waals surface area contributed by atoms with Crippen LogP contribution in [0.5, 0.6) is 0 Å². The zero-order valence-corrected chi connectivity index (χ0v) is 28.9. The third-order valence-corrected chi connectivity index (χ3v) is 11.0. The maximum atomic E-state index is 6.73. The molecule has 0 atom stereocenters. The fraction of sp³-hybridized carbons (Fsp3) is 0. The lowest BCUT2D eigenvalue weighted by molar-refractivity contribution is 0.669. The van der Waals surface area contributed by atoms with Crippen molar-refractivity contribution in [1.29, 1.82) is 0 Å². The molecule has 0 unspecified atom stereocenters. The van der Waals surface area contributed by atoms with Gasteiger partial charge in [-0.05, 0) is 70.9 Å². The quantitative estimate of drug-likeness (QED) is 0.184. The molecule has 4 heteroatoms. The van der Waals surface area contributed by atoms with Crippen LogP contribution in [-0.4, -0.2) is 0 Å². The van der Waals surface area contributed by atoms with Gasteiger partial charge < -0.3 is 18.2 Å². The molecule has 12 rings (SSSR count). The number of hydrogen-bond acceptors (Lipinski definition) is 4. The Morgan fingerprint density at radius 1 is 0.315 bits per heavy atom. The highest BCUT2D eigenvalue weighted by atomic mass is 16.3. The Kier molecular flexibility index (Phi) is 6.02. The van der Waals surface area contributed by atoms with Crippen molar-refractivity contribution in [2.75, 3.05) is 4.90 Å².